The van der Waals surface area contributed by atoms with Gasteiger partial charge < -0.3 is 18.9 Å². The van der Waals surface area contributed by atoms with Crippen LogP contribution in [0.25, 0.3) is 0 Å². The van der Waals surface area contributed by atoms with E-state index in [0.29, 0.717) is 0 Å². The number of esters is 2. The number of carbonyl (C=O) groups is 2. The molecule has 14 heteroatoms. The summed E-state index contributed by atoms with van der Waals surface area (Å²) in [6.07, 6.45) is -3.03. The fraction of sp³-hybridized carbons (Fsp3) is 0.286. The van der Waals surface area contributed by atoms with Crippen LogP contribution in [0.5, 0.6) is 0 Å². The quantitative estimate of drug-likeness (QED) is 0.211. The second-order valence-corrected chi connectivity index (χ2v) is 7.99. The molecule has 0 unspecified atom stereocenters. The molecule has 1 fully saturated rings. The smallest absolute Gasteiger partial charge is 0.338 e. The largest absolute Gasteiger partial charge is 0.459 e. The Morgan fingerprint density at radius 2 is 1.51 bits per heavy atom. The van der Waals surface area contributed by atoms with Crippen molar-refractivity contribution in [3.8, 4) is 5.40 Å². The molecule has 0 radical (unpaired) electrons. The molecule has 1 aliphatic rings. The lowest BCUT2D eigenvalue weighted by Crippen LogP contribution is -2.37. The molecule has 4 atom stereocenters. The fourth-order valence-electron chi connectivity index (χ4n) is 3.22. The predicted molar refractivity (Wildman–Crippen MR) is 118 cm³/mol. The highest BCUT2D eigenvalue weighted by Gasteiger charge is 2.48. The monoisotopic (exact) mass is 503 g/mol. The molecule has 0 aromatic heterocycles. The number of thiocyanates is 1. The van der Waals surface area contributed by atoms with Gasteiger partial charge in [0.2, 0.25) is 0 Å². The number of carbonyl (C=O) groups excluding carboxylic acids is 2. The highest BCUT2D eigenvalue weighted by atomic mass is 32.2. The summed E-state index contributed by atoms with van der Waals surface area (Å²) in [7, 11) is 1.30. The zero-order valence-electron chi connectivity index (χ0n) is 18.0. The molecule has 0 bridgehead atoms. The Bertz CT molecular complexity index is 1150. The van der Waals surface area contributed by atoms with E-state index in [4.69, 9.17) is 18.9 Å². The van der Waals surface area contributed by atoms with Crippen LogP contribution in [0.15, 0.2) is 48.5 Å². The number of hydrogen-bond acceptors (Lipinski definition) is 12. The van der Waals surface area contributed by atoms with E-state index >= 15 is 0 Å². The average molecular weight is 503 g/mol. The van der Waals surface area contributed by atoms with Gasteiger partial charge in [-0.3, -0.25) is 20.2 Å². The molecule has 1 heterocycles. The van der Waals surface area contributed by atoms with Crippen molar-refractivity contribution in [2.75, 3.05) is 13.7 Å². The van der Waals surface area contributed by atoms with Crippen LogP contribution in [0.1, 0.15) is 20.7 Å². The van der Waals surface area contributed by atoms with E-state index in [0.717, 1.165) is 36.0 Å². The number of methoxy groups -OCH3 is 1. The van der Waals surface area contributed by atoms with Gasteiger partial charge in [-0.2, -0.15) is 5.26 Å². The zero-order valence-corrected chi connectivity index (χ0v) is 18.8. The minimum Gasteiger partial charge on any atom is -0.459 e. The number of benzene rings is 2. The van der Waals surface area contributed by atoms with Crippen LogP contribution in [0.4, 0.5) is 11.4 Å². The Kier molecular flexibility index (Phi) is 8.31. The standard InChI is InChI=1S/C21H17N3O10S/c1-31-21-17(34-20(26)13-4-8-15(9-5-13)24(29)30)18(35-11-22)16(33-21)10-32-19(25)12-2-6-14(7-3-12)23(27)28/h2-9,16-18,21H,10H2,1H3/t16-,17-,18+,21-/m0/s1. The van der Waals surface area contributed by atoms with Crippen molar-refractivity contribution in [3.05, 3.63) is 79.9 Å². The maximum atomic E-state index is 12.6. The number of rotatable bonds is 9. The predicted octanol–water partition coefficient (Wildman–Crippen LogP) is 2.84. The molecule has 13 nitrogen and oxygen atoms in total. The summed E-state index contributed by atoms with van der Waals surface area (Å²) in [4.78, 5) is 45.3. The van der Waals surface area contributed by atoms with Gasteiger partial charge >= 0.3 is 11.9 Å². The van der Waals surface area contributed by atoms with Crippen LogP contribution in [0.2, 0.25) is 0 Å². The van der Waals surface area contributed by atoms with Crippen LogP contribution in [0.3, 0.4) is 0 Å². The first-order chi connectivity index (χ1) is 16.7. The number of nitrogens with zero attached hydrogens (tertiary/aromatic N) is 3. The van der Waals surface area contributed by atoms with Crippen molar-refractivity contribution >= 4 is 35.1 Å². The first-order valence-electron chi connectivity index (χ1n) is 9.85. The Labute approximate surface area is 201 Å². The third kappa shape index (κ3) is 6.09. The van der Waals surface area contributed by atoms with E-state index in [-0.39, 0.29) is 29.1 Å². The first-order valence-corrected chi connectivity index (χ1v) is 10.7. The maximum Gasteiger partial charge on any atom is 0.338 e. The first kappa shape index (κ1) is 25.6. The van der Waals surface area contributed by atoms with Crippen LogP contribution < -0.4 is 0 Å². The minimum absolute atomic E-state index is 0.0409. The normalized spacial score (nSPS) is 21.0. The van der Waals surface area contributed by atoms with Gasteiger partial charge in [-0.05, 0) is 36.0 Å². The Morgan fingerprint density at radius 1 is 1.00 bits per heavy atom. The molecule has 0 aliphatic carbocycles. The van der Waals surface area contributed by atoms with Crippen molar-refractivity contribution in [1.29, 1.82) is 5.26 Å². The van der Waals surface area contributed by atoms with E-state index in [1.165, 1.54) is 31.4 Å². The van der Waals surface area contributed by atoms with Gasteiger partial charge in [0, 0.05) is 31.4 Å². The topological polar surface area (TPSA) is 181 Å². The Hall–Kier alpha value is -4.06. The summed E-state index contributed by atoms with van der Waals surface area (Å²) in [5.74, 6) is -1.59. The van der Waals surface area contributed by atoms with Gasteiger partial charge in [0.05, 0.1) is 26.2 Å². The number of nitriles is 1. The molecule has 182 valence electrons. The summed E-state index contributed by atoms with van der Waals surface area (Å²) in [6.45, 7) is -0.319. The van der Waals surface area contributed by atoms with Crippen molar-refractivity contribution < 1.29 is 38.4 Å². The average Bonchev–Trinajstić information content (AvgIpc) is 3.18. The summed E-state index contributed by atoms with van der Waals surface area (Å²) >= 11 is 0.738. The molecule has 1 saturated heterocycles. The lowest BCUT2D eigenvalue weighted by atomic mass is 10.1. The molecule has 1 aliphatic heterocycles. The molecule has 2 aromatic carbocycles. The molecule has 3 rings (SSSR count). The summed E-state index contributed by atoms with van der Waals surface area (Å²) in [5.41, 5.74) is -0.276. The highest BCUT2D eigenvalue weighted by molar-refractivity contribution is 8.04. The molecule has 0 saturated carbocycles. The van der Waals surface area contributed by atoms with E-state index < -0.39 is 45.5 Å². The van der Waals surface area contributed by atoms with Crippen LogP contribution in [-0.4, -0.2) is 59.2 Å². The van der Waals surface area contributed by atoms with Gasteiger partial charge in [-0.15, -0.1) is 0 Å². The number of nitro benzene ring substituents is 2. The molecular weight excluding hydrogens is 486 g/mol. The molecule has 0 spiro atoms. The summed E-state index contributed by atoms with van der Waals surface area (Å²) in [5, 5.41) is 31.9. The number of non-ortho nitro benzene ring substituents is 2. The van der Waals surface area contributed by atoms with E-state index in [1.807, 2.05) is 5.40 Å². The summed E-state index contributed by atoms with van der Waals surface area (Å²) < 4.78 is 21.6. The van der Waals surface area contributed by atoms with E-state index in [1.54, 1.807) is 0 Å². The third-order valence-corrected chi connectivity index (χ3v) is 5.89. The van der Waals surface area contributed by atoms with Crippen molar-refractivity contribution in [3.63, 3.8) is 0 Å². The van der Waals surface area contributed by atoms with Gasteiger partial charge in [0.15, 0.2) is 12.4 Å². The van der Waals surface area contributed by atoms with Crippen LogP contribution >= 0.6 is 11.8 Å². The van der Waals surface area contributed by atoms with E-state index in [9.17, 15) is 35.1 Å². The van der Waals surface area contributed by atoms with Crippen LogP contribution in [-0.2, 0) is 18.9 Å². The lowest BCUT2D eigenvalue weighted by Gasteiger charge is -2.21. The van der Waals surface area contributed by atoms with E-state index in [2.05, 4.69) is 0 Å². The van der Waals surface area contributed by atoms with Gasteiger partial charge in [0.1, 0.15) is 18.1 Å². The zero-order chi connectivity index (χ0) is 25.5. The minimum atomic E-state index is -1.08. The molecule has 35 heavy (non-hydrogen) atoms. The second-order valence-electron chi connectivity index (χ2n) is 7.03. The lowest BCUT2D eigenvalue weighted by molar-refractivity contribution is -0.385. The number of ether oxygens (including phenoxy) is 4. The van der Waals surface area contributed by atoms with Gasteiger partial charge in [-0.25, -0.2) is 9.59 Å². The van der Waals surface area contributed by atoms with Gasteiger partial charge in [0.25, 0.3) is 11.4 Å². The fourth-order valence-corrected chi connectivity index (χ4v) is 3.95. The number of nitro groups is 2. The molecular formula is C21H17N3O10S. The molecule has 0 N–H and O–H groups in total. The highest BCUT2D eigenvalue weighted by Crippen LogP contribution is 2.34. The number of thioether (sulfide) groups is 1. The van der Waals surface area contributed by atoms with Gasteiger partial charge in [-0.1, -0.05) is 0 Å². The third-order valence-electron chi connectivity index (χ3n) is 4.94. The molecule has 0 amide bonds. The Balaban J connectivity index is 1.68. The summed E-state index contributed by atoms with van der Waals surface area (Å²) in [6, 6.07) is 9.56. The van der Waals surface area contributed by atoms with Crippen molar-refractivity contribution in [2.45, 2.75) is 23.7 Å². The Morgan fingerprint density at radius 3 is 1.97 bits per heavy atom. The van der Waals surface area contributed by atoms with Crippen molar-refractivity contribution in [2.24, 2.45) is 0 Å². The molecule has 2 aromatic rings. The number of hydrogen-bond donors (Lipinski definition) is 0. The maximum absolute atomic E-state index is 12.6. The van der Waals surface area contributed by atoms with Crippen molar-refractivity contribution in [1.82, 2.24) is 0 Å². The van der Waals surface area contributed by atoms with Crippen LogP contribution in [0, 0.1) is 30.9 Å². The second kappa shape index (κ2) is 11.4. The SMILES string of the molecule is CO[C@H]1O[C@@H](COC(=O)c2ccc([N+](=O)[O-])cc2)[C@@H](SC#N)[C@@H]1OC(=O)c1ccc([N+](=O)[O-])cc1.